The van der Waals surface area contributed by atoms with Gasteiger partial charge in [0.1, 0.15) is 5.69 Å². The first-order valence-corrected chi connectivity index (χ1v) is 11.7. The number of likely N-dealkylation sites (tertiary alicyclic amines) is 1. The summed E-state index contributed by atoms with van der Waals surface area (Å²) in [5, 5.41) is 11.3. The van der Waals surface area contributed by atoms with Crippen LogP contribution in [0.3, 0.4) is 0 Å². The molecule has 0 N–H and O–H groups in total. The Morgan fingerprint density at radius 1 is 1.06 bits per heavy atom. The maximum atomic E-state index is 13.1. The largest absolute Gasteiger partial charge is 0.493 e. The molecule has 2 saturated heterocycles. The zero-order valence-corrected chi connectivity index (χ0v) is 20.0. The van der Waals surface area contributed by atoms with Crippen LogP contribution in [0.15, 0.2) is 42.5 Å². The van der Waals surface area contributed by atoms with Gasteiger partial charge in [0, 0.05) is 51.8 Å². The maximum absolute atomic E-state index is 13.1. The number of methoxy groups -OCH3 is 2. The van der Waals surface area contributed by atoms with E-state index in [4.69, 9.17) is 9.47 Å². The second-order valence-corrected chi connectivity index (χ2v) is 8.74. The second-order valence-electron chi connectivity index (χ2n) is 8.74. The van der Waals surface area contributed by atoms with Gasteiger partial charge in [-0.2, -0.15) is 0 Å². The van der Waals surface area contributed by atoms with Gasteiger partial charge in [0.2, 0.25) is 11.8 Å². The van der Waals surface area contributed by atoms with Crippen molar-refractivity contribution in [2.24, 2.45) is 5.92 Å². The normalized spacial score (nSPS) is 18.1. The van der Waals surface area contributed by atoms with Gasteiger partial charge < -0.3 is 24.2 Å². The minimum absolute atomic E-state index is 0.0117. The van der Waals surface area contributed by atoms with Gasteiger partial charge in [-0.05, 0) is 30.2 Å². The van der Waals surface area contributed by atoms with E-state index >= 15 is 0 Å². The first-order valence-electron chi connectivity index (χ1n) is 11.7. The number of benzene rings is 2. The molecule has 2 aliphatic heterocycles. The van der Waals surface area contributed by atoms with Crippen LogP contribution in [0.2, 0.25) is 0 Å². The maximum Gasteiger partial charge on any atom is 0.292 e. The van der Waals surface area contributed by atoms with Crippen molar-refractivity contribution in [1.82, 2.24) is 9.80 Å². The van der Waals surface area contributed by atoms with Crippen molar-refractivity contribution in [3.8, 4) is 11.5 Å². The van der Waals surface area contributed by atoms with Crippen LogP contribution in [0.1, 0.15) is 12.0 Å². The van der Waals surface area contributed by atoms with Crippen LogP contribution in [-0.2, 0) is 16.0 Å². The number of hydrogen-bond acceptors (Lipinski definition) is 7. The van der Waals surface area contributed by atoms with E-state index in [9.17, 15) is 19.7 Å². The molecule has 0 saturated carbocycles. The molecule has 2 amide bonds. The highest BCUT2D eigenvalue weighted by Gasteiger charge is 2.37. The van der Waals surface area contributed by atoms with Crippen LogP contribution in [0.25, 0.3) is 0 Å². The summed E-state index contributed by atoms with van der Waals surface area (Å²) in [6.45, 7) is 2.92. The molecule has 2 heterocycles. The van der Waals surface area contributed by atoms with E-state index in [-0.39, 0.29) is 34.8 Å². The predicted molar refractivity (Wildman–Crippen MR) is 130 cm³/mol. The third kappa shape index (κ3) is 5.31. The Hall–Kier alpha value is -3.82. The number of amides is 2. The number of rotatable bonds is 8. The minimum atomic E-state index is -0.381. The monoisotopic (exact) mass is 482 g/mol. The first kappa shape index (κ1) is 24.3. The van der Waals surface area contributed by atoms with Gasteiger partial charge >= 0.3 is 0 Å². The lowest BCUT2D eigenvalue weighted by molar-refractivity contribution is -0.384. The van der Waals surface area contributed by atoms with E-state index in [0.717, 1.165) is 5.56 Å². The molecular formula is C25H30N4O6. The number of nitro groups is 1. The molecule has 2 aromatic rings. The lowest BCUT2D eigenvalue weighted by atomic mass is 10.1. The molecule has 0 aliphatic carbocycles. The van der Waals surface area contributed by atoms with Crippen molar-refractivity contribution in [2.75, 3.05) is 58.4 Å². The quantitative estimate of drug-likeness (QED) is 0.420. The van der Waals surface area contributed by atoms with Gasteiger partial charge in [-0.1, -0.05) is 18.2 Å². The van der Waals surface area contributed by atoms with Crippen molar-refractivity contribution >= 4 is 23.2 Å². The van der Waals surface area contributed by atoms with Gasteiger partial charge in [0.25, 0.3) is 5.69 Å². The number of anilines is 1. The number of piperazine rings is 1. The second kappa shape index (κ2) is 10.6. The summed E-state index contributed by atoms with van der Waals surface area (Å²) in [5.74, 6) is 0.911. The molecule has 0 aromatic heterocycles. The lowest BCUT2D eigenvalue weighted by Crippen LogP contribution is -2.50. The fraction of sp³-hybridized carbons (Fsp3) is 0.440. The van der Waals surface area contributed by atoms with Crippen molar-refractivity contribution in [1.29, 1.82) is 0 Å². The van der Waals surface area contributed by atoms with E-state index in [2.05, 4.69) is 0 Å². The van der Waals surface area contributed by atoms with E-state index in [0.29, 0.717) is 62.9 Å². The van der Waals surface area contributed by atoms with Crippen LogP contribution in [-0.4, -0.2) is 80.0 Å². The Morgan fingerprint density at radius 2 is 1.77 bits per heavy atom. The average Bonchev–Trinajstić information content (AvgIpc) is 3.27. The van der Waals surface area contributed by atoms with Crippen molar-refractivity contribution in [3.63, 3.8) is 0 Å². The fourth-order valence-corrected chi connectivity index (χ4v) is 4.77. The van der Waals surface area contributed by atoms with Crippen molar-refractivity contribution < 1.29 is 24.0 Å². The summed E-state index contributed by atoms with van der Waals surface area (Å²) < 4.78 is 10.6. The van der Waals surface area contributed by atoms with Gasteiger partial charge in [0.05, 0.1) is 25.1 Å². The Bertz CT molecular complexity index is 1100. The lowest BCUT2D eigenvalue weighted by Gasteiger charge is -2.36. The zero-order chi connectivity index (χ0) is 24.9. The highest BCUT2D eigenvalue weighted by atomic mass is 16.6. The molecule has 10 heteroatoms. The molecule has 0 bridgehead atoms. The summed E-state index contributed by atoms with van der Waals surface area (Å²) in [4.78, 5) is 42.2. The van der Waals surface area contributed by atoms with Crippen LogP contribution in [0, 0.1) is 16.0 Å². The molecule has 1 unspecified atom stereocenters. The fourth-order valence-electron chi connectivity index (χ4n) is 4.77. The smallest absolute Gasteiger partial charge is 0.292 e. The summed E-state index contributed by atoms with van der Waals surface area (Å²) in [5.41, 5.74) is 1.66. The highest BCUT2D eigenvalue weighted by molar-refractivity contribution is 5.89. The average molecular weight is 483 g/mol. The Kier molecular flexibility index (Phi) is 7.38. The molecule has 0 radical (unpaired) electrons. The molecule has 4 rings (SSSR count). The van der Waals surface area contributed by atoms with Crippen LogP contribution < -0.4 is 14.4 Å². The molecule has 2 aromatic carbocycles. The number of para-hydroxylation sites is 2. The van der Waals surface area contributed by atoms with Gasteiger partial charge in [-0.3, -0.25) is 19.7 Å². The summed E-state index contributed by atoms with van der Waals surface area (Å²) in [6, 6.07) is 12.3. The number of nitrogens with zero attached hydrogens (tertiary/aromatic N) is 4. The van der Waals surface area contributed by atoms with Gasteiger partial charge in [-0.15, -0.1) is 0 Å². The highest BCUT2D eigenvalue weighted by Crippen LogP contribution is 2.30. The number of carbonyl (C=O) groups excluding carboxylic acids is 2. The Balaban J connectivity index is 1.31. The molecule has 1 atom stereocenters. The van der Waals surface area contributed by atoms with Crippen molar-refractivity contribution in [3.05, 3.63) is 58.1 Å². The van der Waals surface area contributed by atoms with Crippen LogP contribution >= 0.6 is 0 Å². The number of hydrogen-bond donors (Lipinski definition) is 0. The van der Waals surface area contributed by atoms with E-state index in [1.165, 1.54) is 6.07 Å². The number of carbonyl (C=O) groups is 2. The van der Waals surface area contributed by atoms with E-state index in [1.807, 2.05) is 23.1 Å². The molecule has 10 nitrogen and oxygen atoms in total. The Morgan fingerprint density at radius 3 is 2.46 bits per heavy atom. The predicted octanol–water partition coefficient (Wildman–Crippen LogP) is 2.35. The minimum Gasteiger partial charge on any atom is -0.493 e. The summed E-state index contributed by atoms with van der Waals surface area (Å²) in [7, 11) is 3.17. The zero-order valence-electron chi connectivity index (χ0n) is 20.0. The first-order chi connectivity index (χ1) is 16.9. The SMILES string of the molecule is COc1ccc(CCN2CC(C(=O)N3CCN(c4ccccc4[N+](=O)[O-])CC3)CC2=O)cc1OC. The number of ether oxygens (including phenoxy) is 2. The molecule has 186 valence electrons. The van der Waals surface area contributed by atoms with Crippen LogP contribution in [0.5, 0.6) is 11.5 Å². The van der Waals surface area contributed by atoms with E-state index < -0.39 is 0 Å². The molecule has 2 aliphatic rings. The van der Waals surface area contributed by atoms with Gasteiger partial charge in [0.15, 0.2) is 11.5 Å². The summed E-state index contributed by atoms with van der Waals surface area (Å²) >= 11 is 0. The topological polar surface area (TPSA) is 105 Å². The van der Waals surface area contributed by atoms with E-state index in [1.54, 1.807) is 42.2 Å². The Labute approximate surface area is 204 Å². The molecule has 0 spiro atoms. The van der Waals surface area contributed by atoms with Gasteiger partial charge in [-0.25, -0.2) is 0 Å². The molecule has 2 fully saturated rings. The summed E-state index contributed by atoms with van der Waals surface area (Å²) in [6.07, 6.45) is 0.872. The van der Waals surface area contributed by atoms with Crippen LogP contribution in [0.4, 0.5) is 11.4 Å². The van der Waals surface area contributed by atoms with Crippen molar-refractivity contribution in [2.45, 2.75) is 12.8 Å². The standard InChI is InChI=1S/C25H30N4O6/c1-34-22-8-7-18(15-23(22)35-2)9-10-28-17-19(16-24(28)30)25(31)27-13-11-26(12-14-27)20-5-3-4-6-21(20)29(32)33/h3-8,15,19H,9-14,16-17H2,1-2H3. The third-order valence-electron chi connectivity index (χ3n) is 6.69. The third-order valence-corrected chi connectivity index (χ3v) is 6.69. The molecular weight excluding hydrogens is 452 g/mol. The number of nitro benzene ring substituents is 1. The molecule has 35 heavy (non-hydrogen) atoms.